The molecule has 0 radical (unpaired) electrons. The van der Waals surface area contributed by atoms with Crippen LogP contribution in [0.3, 0.4) is 0 Å². The largest absolute Gasteiger partial charge is 0.308 e. The average molecular weight is 313 g/mol. The van der Waals surface area contributed by atoms with E-state index >= 15 is 0 Å². The quantitative estimate of drug-likeness (QED) is 0.675. The highest BCUT2D eigenvalue weighted by Gasteiger charge is 2.49. The maximum atomic E-state index is 12.4. The van der Waals surface area contributed by atoms with Crippen LogP contribution in [0.15, 0.2) is 17.1 Å². The summed E-state index contributed by atoms with van der Waals surface area (Å²) in [5, 5.41) is 10.4. The molecule has 0 aromatic carbocycles. The lowest BCUT2D eigenvalue weighted by Gasteiger charge is -2.11. The van der Waals surface area contributed by atoms with Crippen LogP contribution in [0.4, 0.5) is 0 Å². The van der Waals surface area contributed by atoms with Gasteiger partial charge in [-0.3, -0.25) is 9.89 Å². The van der Waals surface area contributed by atoms with Gasteiger partial charge in [-0.15, -0.1) is 11.3 Å². The number of hydrogen-bond donors (Lipinski definition) is 3. The van der Waals surface area contributed by atoms with Crippen LogP contribution in [0.1, 0.15) is 24.0 Å². The molecule has 0 unspecified atom stereocenters. The second-order valence-corrected chi connectivity index (χ2v) is 7.28. The number of piperidine rings is 1. The Kier molecular flexibility index (Phi) is 2.43. The topological polar surface area (TPSA) is 86.5 Å². The van der Waals surface area contributed by atoms with Gasteiger partial charge in [0.1, 0.15) is 10.5 Å². The monoisotopic (exact) mass is 313 g/mol. The Morgan fingerprint density at radius 1 is 1.41 bits per heavy atom. The Morgan fingerprint density at radius 2 is 2.32 bits per heavy atom. The van der Waals surface area contributed by atoms with E-state index in [-0.39, 0.29) is 11.6 Å². The van der Waals surface area contributed by atoms with Crippen molar-refractivity contribution < 1.29 is 0 Å². The van der Waals surface area contributed by atoms with Gasteiger partial charge in [-0.1, -0.05) is 0 Å². The molecule has 6 nitrogen and oxygen atoms in total. The second kappa shape index (κ2) is 4.27. The zero-order valence-corrected chi connectivity index (χ0v) is 12.8. The summed E-state index contributed by atoms with van der Waals surface area (Å²) in [6.45, 7) is 3.02. The van der Waals surface area contributed by atoms with Gasteiger partial charge >= 0.3 is 0 Å². The normalized spacial score (nSPS) is 26.5. The Morgan fingerprint density at radius 3 is 3.00 bits per heavy atom. The standard InChI is InChI=1S/C15H15N5OS/c1-6-9(5-17-20-6)11-3-10-13(22-11)15(21)19-14(18-10)12-8-2-7(8)4-16-12/h3,5,7-8,12,16H,2,4H2,1H3,(H,17,20)(H,18,19,21)/t7-,8-,12+/m0/s1. The van der Waals surface area contributed by atoms with Crippen molar-refractivity contribution in [1.82, 2.24) is 25.5 Å². The SMILES string of the molecule is Cc1[nH]ncc1-c1cc2nc([C@@H]3NC[C@@H]4C[C@@H]43)[nH]c(=O)c2s1. The number of rotatable bonds is 2. The van der Waals surface area contributed by atoms with Gasteiger partial charge in [-0.05, 0) is 37.8 Å². The molecule has 112 valence electrons. The minimum absolute atomic E-state index is 0.0386. The zero-order valence-electron chi connectivity index (χ0n) is 12.0. The first-order chi connectivity index (χ1) is 10.7. The fraction of sp³-hybridized carbons (Fsp3) is 0.400. The van der Waals surface area contributed by atoms with Crippen LogP contribution < -0.4 is 10.9 Å². The summed E-state index contributed by atoms with van der Waals surface area (Å²) in [6, 6.07) is 2.21. The third-order valence-corrected chi connectivity index (χ3v) is 5.95. The van der Waals surface area contributed by atoms with Crippen molar-refractivity contribution in [3.8, 4) is 10.4 Å². The van der Waals surface area contributed by atoms with Crippen LogP contribution in [0.25, 0.3) is 20.7 Å². The number of aromatic nitrogens is 4. The Hall–Kier alpha value is -1.99. The van der Waals surface area contributed by atoms with Gasteiger partial charge in [0.05, 0.1) is 17.8 Å². The minimum Gasteiger partial charge on any atom is -0.308 e. The molecule has 0 bridgehead atoms. The third kappa shape index (κ3) is 1.72. The van der Waals surface area contributed by atoms with E-state index < -0.39 is 0 Å². The number of aromatic amines is 2. The summed E-state index contributed by atoms with van der Waals surface area (Å²) in [4.78, 5) is 21.1. The Balaban J connectivity index is 1.64. The van der Waals surface area contributed by atoms with Crippen LogP contribution in [-0.4, -0.2) is 26.7 Å². The summed E-state index contributed by atoms with van der Waals surface area (Å²) < 4.78 is 0.685. The average Bonchev–Trinajstić information content (AvgIpc) is 2.89. The predicted molar refractivity (Wildman–Crippen MR) is 84.9 cm³/mol. The van der Waals surface area contributed by atoms with Crippen LogP contribution in [0, 0.1) is 18.8 Å². The van der Waals surface area contributed by atoms with E-state index in [9.17, 15) is 4.79 Å². The van der Waals surface area contributed by atoms with E-state index in [0.717, 1.165) is 39.9 Å². The molecule has 1 aliphatic heterocycles. The molecule has 2 fully saturated rings. The number of aryl methyl sites for hydroxylation is 1. The van der Waals surface area contributed by atoms with E-state index in [2.05, 4.69) is 20.5 Å². The van der Waals surface area contributed by atoms with Gasteiger partial charge in [0.2, 0.25) is 0 Å². The van der Waals surface area contributed by atoms with Gasteiger partial charge < -0.3 is 10.3 Å². The number of fused-ring (bicyclic) bond motifs is 2. The molecule has 7 heteroatoms. The smallest absolute Gasteiger partial charge is 0.268 e. The highest BCUT2D eigenvalue weighted by atomic mass is 32.1. The number of hydrogen-bond acceptors (Lipinski definition) is 5. The highest BCUT2D eigenvalue weighted by Crippen LogP contribution is 2.50. The molecule has 3 atom stereocenters. The van der Waals surface area contributed by atoms with Crippen molar-refractivity contribution >= 4 is 21.6 Å². The fourth-order valence-electron chi connectivity index (χ4n) is 3.48. The Bertz CT molecular complexity index is 939. The van der Waals surface area contributed by atoms with Crippen molar-refractivity contribution in [2.75, 3.05) is 6.54 Å². The van der Waals surface area contributed by atoms with Gasteiger partial charge in [-0.2, -0.15) is 5.10 Å². The molecule has 4 heterocycles. The molecule has 3 N–H and O–H groups in total. The summed E-state index contributed by atoms with van der Waals surface area (Å²) >= 11 is 1.47. The molecular weight excluding hydrogens is 298 g/mol. The van der Waals surface area contributed by atoms with E-state index in [1.807, 2.05) is 13.0 Å². The lowest BCUT2D eigenvalue weighted by molar-refractivity contribution is 0.532. The van der Waals surface area contributed by atoms with Crippen molar-refractivity contribution in [1.29, 1.82) is 0 Å². The number of nitrogens with one attached hydrogen (secondary N) is 3. The third-order valence-electron chi connectivity index (χ3n) is 4.80. The maximum Gasteiger partial charge on any atom is 0.268 e. The summed E-state index contributed by atoms with van der Waals surface area (Å²) in [7, 11) is 0. The number of nitrogens with zero attached hydrogens (tertiary/aromatic N) is 2. The van der Waals surface area contributed by atoms with Crippen LogP contribution in [0.5, 0.6) is 0 Å². The second-order valence-electron chi connectivity index (χ2n) is 6.23. The van der Waals surface area contributed by atoms with Crippen LogP contribution >= 0.6 is 11.3 Å². The van der Waals surface area contributed by atoms with E-state index in [1.165, 1.54) is 17.8 Å². The summed E-state index contributed by atoms with van der Waals surface area (Å²) in [6.07, 6.45) is 3.05. The van der Waals surface area contributed by atoms with E-state index in [0.29, 0.717) is 10.6 Å². The molecule has 1 saturated heterocycles. The number of thiophene rings is 1. The molecule has 3 aromatic rings. The molecule has 2 aliphatic rings. The molecular formula is C15H15N5OS. The molecule has 0 amide bonds. The van der Waals surface area contributed by atoms with Crippen molar-refractivity contribution in [2.24, 2.45) is 11.8 Å². The molecule has 0 spiro atoms. The van der Waals surface area contributed by atoms with Gasteiger partial charge in [-0.25, -0.2) is 4.98 Å². The lowest BCUT2D eigenvalue weighted by Crippen LogP contribution is -2.23. The van der Waals surface area contributed by atoms with Crippen molar-refractivity contribution in [2.45, 2.75) is 19.4 Å². The first-order valence-corrected chi connectivity index (χ1v) is 8.30. The summed E-state index contributed by atoms with van der Waals surface area (Å²) in [5.74, 6) is 2.21. The fourth-order valence-corrected chi connectivity index (χ4v) is 4.54. The molecule has 1 saturated carbocycles. The lowest BCUT2D eigenvalue weighted by atomic mass is 10.2. The van der Waals surface area contributed by atoms with Gasteiger partial charge in [0.25, 0.3) is 5.56 Å². The van der Waals surface area contributed by atoms with Crippen molar-refractivity contribution in [3.63, 3.8) is 0 Å². The molecule has 3 aromatic heterocycles. The molecule has 5 rings (SSSR count). The van der Waals surface area contributed by atoms with E-state index in [1.54, 1.807) is 6.20 Å². The van der Waals surface area contributed by atoms with Crippen LogP contribution in [-0.2, 0) is 0 Å². The first kappa shape index (κ1) is 12.5. The van der Waals surface area contributed by atoms with Crippen LogP contribution in [0.2, 0.25) is 0 Å². The maximum absolute atomic E-state index is 12.4. The van der Waals surface area contributed by atoms with Gasteiger partial charge in [0.15, 0.2) is 0 Å². The van der Waals surface area contributed by atoms with Gasteiger partial charge in [0, 0.05) is 16.1 Å². The highest BCUT2D eigenvalue weighted by molar-refractivity contribution is 7.22. The predicted octanol–water partition coefficient (Wildman–Crippen LogP) is 1.96. The van der Waals surface area contributed by atoms with Crippen molar-refractivity contribution in [3.05, 3.63) is 34.1 Å². The summed E-state index contributed by atoms with van der Waals surface area (Å²) in [5.41, 5.74) is 2.78. The first-order valence-electron chi connectivity index (χ1n) is 7.48. The number of H-pyrrole nitrogens is 2. The Labute approximate surface area is 130 Å². The molecule has 22 heavy (non-hydrogen) atoms. The minimum atomic E-state index is -0.0386. The zero-order chi connectivity index (χ0) is 14.8. The molecule has 1 aliphatic carbocycles. The van der Waals surface area contributed by atoms with E-state index in [4.69, 9.17) is 4.98 Å².